The molecule has 1 amide bonds. The van der Waals surface area contributed by atoms with Gasteiger partial charge in [0.2, 0.25) is 0 Å². The molecule has 0 atom stereocenters. The highest BCUT2D eigenvalue weighted by Crippen LogP contribution is 2.30. The number of amides is 1. The number of hydrogen-bond donors (Lipinski definition) is 1. The Labute approximate surface area is 165 Å². The summed E-state index contributed by atoms with van der Waals surface area (Å²) in [7, 11) is 1.76. The lowest BCUT2D eigenvalue weighted by Gasteiger charge is -2.07. The van der Waals surface area contributed by atoms with E-state index >= 15 is 0 Å². The Kier molecular flexibility index (Phi) is 5.55. The largest absolute Gasteiger partial charge is 0.320 e. The Morgan fingerprint density at radius 3 is 2.70 bits per heavy atom. The van der Waals surface area contributed by atoms with Crippen LogP contribution in [0.1, 0.15) is 5.56 Å². The Morgan fingerprint density at radius 1 is 1.26 bits per heavy atom. The molecule has 0 spiro atoms. The molecule has 6 nitrogen and oxygen atoms in total. The highest BCUT2D eigenvalue weighted by molar-refractivity contribution is 6.44. The van der Waals surface area contributed by atoms with E-state index in [9.17, 15) is 10.1 Å². The third kappa shape index (κ3) is 4.17. The molecule has 2 aromatic heterocycles. The number of nitriles is 1. The van der Waals surface area contributed by atoms with Crippen LogP contribution in [0.5, 0.6) is 0 Å². The highest BCUT2D eigenvalue weighted by Gasteiger charge is 2.15. The van der Waals surface area contributed by atoms with Gasteiger partial charge in [0, 0.05) is 36.8 Å². The van der Waals surface area contributed by atoms with E-state index in [-0.39, 0.29) is 10.6 Å². The maximum atomic E-state index is 12.5. The second-order valence-corrected chi connectivity index (χ2v) is 6.35. The number of pyridine rings is 1. The number of aromatic nitrogens is 3. The summed E-state index contributed by atoms with van der Waals surface area (Å²) in [5.41, 5.74) is 2.34. The summed E-state index contributed by atoms with van der Waals surface area (Å²) in [5, 5.41) is 17.0. The highest BCUT2D eigenvalue weighted by atomic mass is 35.5. The van der Waals surface area contributed by atoms with Crippen LogP contribution < -0.4 is 5.32 Å². The number of rotatable bonds is 4. The fraction of sp³-hybridized carbons (Fsp3) is 0.0526. The van der Waals surface area contributed by atoms with Gasteiger partial charge in [-0.15, -0.1) is 0 Å². The molecular formula is C19H13Cl2N5O. The zero-order valence-corrected chi connectivity index (χ0v) is 15.7. The number of nitrogens with zero attached hydrogens (tertiary/aromatic N) is 4. The molecule has 1 aromatic carbocycles. The summed E-state index contributed by atoms with van der Waals surface area (Å²) < 4.78 is 1.61. The molecule has 3 aromatic rings. The van der Waals surface area contributed by atoms with E-state index in [1.165, 1.54) is 6.08 Å². The van der Waals surface area contributed by atoms with Gasteiger partial charge in [-0.1, -0.05) is 29.3 Å². The molecule has 2 heterocycles. The molecule has 0 fully saturated rings. The first kappa shape index (κ1) is 18.6. The number of halogens is 2. The normalized spacial score (nSPS) is 11.1. The average molecular weight is 398 g/mol. The van der Waals surface area contributed by atoms with Crippen molar-refractivity contribution in [3.63, 3.8) is 0 Å². The number of hydrogen-bond acceptors (Lipinski definition) is 4. The second-order valence-electron chi connectivity index (χ2n) is 5.57. The van der Waals surface area contributed by atoms with Gasteiger partial charge in [-0.3, -0.25) is 14.5 Å². The van der Waals surface area contributed by atoms with E-state index in [4.69, 9.17) is 23.2 Å². The Balaban J connectivity index is 1.95. The van der Waals surface area contributed by atoms with E-state index in [0.717, 1.165) is 5.56 Å². The minimum atomic E-state index is -0.591. The van der Waals surface area contributed by atoms with E-state index in [1.54, 1.807) is 60.7 Å². The van der Waals surface area contributed by atoms with Gasteiger partial charge in [-0.25, -0.2) is 0 Å². The van der Waals surface area contributed by atoms with E-state index in [2.05, 4.69) is 15.4 Å². The van der Waals surface area contributed by atoms with Gasteiger partial charge in [-0.2, -0.15) is 10.4 Å². The van der Waals surface area contributed by atoms with Crippen molar-refractivity contribution in [2.75, 3.05) is 5.32 Å². The van der Waals surface area contributed by atoms with Crippen LogP contribution in [0.2, 0.25) is 10.0 Å². The molecule has 1 N–H and O–H groups in total. The summed E-state index contributed by atoms with van der Waals surface area (Å²) in [6.07, 6.45) is 6.51. The average Bonchev–Trinajstić information content (AvgIpc) is 3.04. The predicted molar refractivity (Wildman–Crippen MR) is 105 cm³/mol. The van der Waals surface area contributed by atoms with Crippen LogP contribution in [-0.2, 0) is 11.8 Å². The van der Waals surface area contributed by atoms with Gasteiger partial charge < -0.3 is 5.32 Å². The molecule has 0 saturated heterocycles. The SMILES string of the molecule is Cn1cc(/C=C(/C#N)C(=O)Nc2cccc(Cl)c2Cl)c(-c2ccncc2)n1. The van der Waals surface area contributed by atoms with Crippen LogP contribution in [0.3, 0.4) is 0 Å². The monoisotopic (exact) mass is 397 g/mol. The molecule has 27 heavy (non-hydrogen) atoms. The van der Waals surface area contributed by atoms with Crippen LogP contribution in [0.15, 0.2) is 54.5 Å². The Bertz CT molecular complexity index is 1070. The van der Waals surface area contributed by atoms with Gasteiger partial charge in [0.05, 0.1) is 21.4 Å². The lowest BCUT2D eigenvalue weighted by Crippen LogP contribution is -2.13. The molecule has 3 rings (SSSR count). The van der Waals surface area contributed by atoms with Crippen LogP contribution in [0, 0.1) is 11.3 Å². The van der Waals surface area contributed by atoms with E-state index in [0.29, 0.717) is 22.0 Å². The molecule has 0 aliphatic rings. The second kappa shape index (κ2) is 8.04. The molecule has 0 aliphatic heterocycles. The molecule has 0 aliphatic carbocycles. The van der Waals surface area contributed by atoms with Crippen molar-refractivity contribution < 1.29 is 4.79 Å². The minimum Gasteiger partial charge on any atom is -0.320 e. The van der Waals surface area contributed by atoms with Crippen molar-refractivity contribution in [2.45, 2.75) is 0 Å². The number of carbonyl (C=O) groups excluding carboxylic acids is 1. The standard InChI is InChI=1S/C19H13Cl2N5O/c1-26-11-14(18(25-26)12-5-7-23-8-6-12)9-13(10-22)19(27)24-16-4-2-3-15(20)17(16)21/h2-9,11H,1H3,(H,24,27)/b13-9-. The quantitative estimate of drug-likeness (QED) is 0.524. The Hall–Kier alpha value is -3.14. The summed E-state index contributed by atoms with van der Waals surface area (Å²) in [5.74, 6) is -0.591. The van der Waals surface area contributed by atoms with Gasteiger partial charge in [-0.05, 0) is 30.3 Å². The van der Waals surface area contributed by atoms with Crippen molar-refractivity contribution in [2.24, 2.45) is 7.05 Å². The van der Waals surface area contributed by atoms with Crippen molar-refractivity contribution in [3.8, 4) is 17.3 Å². The number of carbonyl (C=O) groups is 1. The van der Waals surface area contributed by atoms with Crippen molar-refractivity contribution in [1.82, 2.24) is 14.8 Å². The first-order chi connectivity index (χ1) is 13.0. The zero-order chi connectivity index (χ0) is 19.4. The zero-order valence-electron chi connectivity index (χ0n) is 14.1. The third-order valence-corrected chi connectivity index (χ3v) is 4.49. The summed E-state index contributed by atoms with van der Waals surface area (Å²) in [6.45, 7) is 0. The predicted octanol–water partition coefficient (Wildman–Crippen LogP) is 4.33. The van der Waals surface area contributed by atoms with Gasteiger partial charge in [0.1, 0.15) is 11.6 Å². The molecular weight excluding hydrogens is 385 g/mol. The van der Waals surface area contributed by atoms with Crippen LogP contribution in [0.25, 0.3) is 17.3 Å². The molecule has 134 valence electrons. The van der Waals surface area contributed by atoms with Crippen molar-refractivity contribution >= 4 is 40.9 Å². The van der Waals surface area contributed by atoms with Crippen molar-refractivity contribution in [1.29, 1.82) is 5.26 Å². The van der Waals surface area contributed by atoms with Gasteiger partial charge in [0.25, 0.3) is 5.91 Å². The summed E-state index contributed by atoms with van der Waals surface area (Å²) in [6, 6.07) is 10.4. The lowest BCUT2D eigenvalue weighted by molar-refractivity contribution is -0.112. The number of aryl methyl sites for hydroxylation is 1. The molecule has 8 heteroatoms. The Morgan fingerprint density at radius 2 is 2.00 bits per heavy atom. The van der Waals surface area contributed by atoms with Crippen LogP contribution in [0.4, 0.5) is 5.69 Å². The molecule has 0 bridgehead atoms. The topological polar surface area (TPSA) is 83.6 Å². The number of benzene rings is 1. The van der Waals surface area contributed by atoms with E-state index < -0.39 is 5.91 Å². The maximum absolute atomic E-state index is 12.5. The molecule has 0 unspecified atom stereocenters. The smallest absolute Gasteiger partial charge is 0.266 e. The fourth-order valence-corrected chi connectivity index (χ4v) is 2.79. The third-order valence-electron chi connectivity index (χ3n) is 3.68. The first-order valence-corrected chi connectivity index (χ1v) is 8.56. The molecule has 0 radical (unpaired) electrons. The van der Waals surface area contributed by atoms with E-state index in [1.807, 2.05) is 6.07 Å². The summed E-state index contributed by atoms with van der Waals surface area (Å²) in [4.78, 5) is 16.5. The molecule has 0 saturated carbocycles. The van der Waals surface area contributed by atoms with Crippen LogP contribution in [-0.4, -0.2) is 20.7 Å². The van der Waals surface area contributed by atoms with Gasteiger partial charge in [0.15, 0.2) is 0 Å². The minimum absolute atomic E-state index is 0.0886. The first-order valence-electron chi connectivity index (χ1n) is 7.81. The number of anilines is 1. The van der Waals surface area contributed by atoms with Gasteiger partial charge >= 0.3 is 0 Å². The van der Waals surface area contributed by atoms with Crippen LogP contribution >= 0.6 is 23.2 Å². The summed E-state index contributed by atoms with van der Waals surface area (Å²) >= 11 is 12.0. The lowest BCUT2D eigenvalue weighted by atomic mass is 10.1. The fourth-order valence-electron chi connectivity index (χ4n) is 2.44. The number of nitrogens with one attached hydrogen (secondary N) is 1. The van der Waals surface area contributed by atoms with Crippen molar-refractivity contribution in [3.05, 3.63) is 70.1 Å². The maximum Gasteiger partial charge on any atom is 0.266 e.